The van der Waals surface area contributed by atoms with E-state index in [2.05, 4.69) is 34.2 Å². The minimum Gasteiger partial charge on any atom is -0.508 e. The van der Waals surface area contributed by atoms with Gasteiger partial charge in [0.1, 0.15) is 5.75 Å². The summed E-state index contributed by atoms with van der Waals surface area (Å²) in [7, 11) is 0. The largest absolute Gasteiger partial charge is 0.508 e. The van der Waals surface area contributed by atoms with Gasteiger partial charge in [-0.3, -0.25) is 9.69 Å². The molecule has 0 saturated carbocycles. The summed E-state index contributed by atoms with van der Waals surface area (Å²) in [6, 6.07) is 15.2. The summed E-state index contributed by atoms with van der Waals surface area (Å²) in [4.78, 5) is 17.1. The van der Waals surface area contributed by atoms with E-state index in [0.29, 0.717) is 0 Å². The molecule has 0 bridgehead atoms. The molecule has 0 spiro atoms. The second-order valence-corrected chi connectivity index (χ2v) is 6.76. The molecule has 26 heavy (non-hydrogen) atoms. The molecule has 0 aliphatic carbocycles. The number of rotatable bonds is 5. The molecular weight excluding hydrogens is 326 g/mol. The number of carbonyl (C=O) groups is 1. The molecule has 0 radical (unpaired) electrons. The Labute approximate surface area is 155 Å². The highest BCUT2D eigenvalue weighted by molar-refractivity contribution is 5.94. The highest BCUT2D eigenvalue weighted by atomic mass is 16.3. The Morgan fingerprint density at radius 2 is 1.65 bits per heavy atom. The van der Waals surface area contributed by atoms with Crippen molar-refractivity contribution in [2.45, 2.75) is 26.3 Å². The molecule has 138 valence electrons. The molecule has 1 aliphatic rings. The predicted octanol–water partition coefficient (Wildman–Crippen LogP) is 3.10. The Hall–Kier alpha value is -2.53. The van der Waals surface area contributed by atoms with Gasteiger partial charge in [-0.1, -0.05) is 19.1 Å². The molecule has 1 aliphatic heterocycles. The third kappa shape index (κ3) is 4.35. The number of phenolic OH excluding ortho intramolecular Hbond substituents is 1. The molecule has 0 aromatic heterocycles. The van der Waals surface area contributed by atoms with E-state index < -0.39 is 0 Å². The topological polar surface area (TPSA) is 55.8 Å². The van der Waals surface area contributed by atoms with Gasteiger partial charge in [-0.15, -0.1) is 0 Å². The average Bonchev–Trinajstić information content (AvgIpc) is 2.69. The van der Waals surface area contributed by atoms with Crippen LogP contribution in [-0.2, 0) is 11.2 Å². The van der Waals surface area contributed by atoms with Crippen molar-refractivity contribution in [2.24, 2.45) is 0 Å². The highest BCUT2D eigenvalue weighted by Gasteiger charge is 2.25. The summed E-state index contributed by atoms with van der Waals surface area (Å²) in [6.45, 7) is 7.50. The summed E-state index contributed by atoms with van der Waals surface area (Å²) in [5.41, 5.74) is 3.22. The summed E-state index contributed by atoms with van der Waals surface area (Å²) < 4.78 is 0. The lowest BCUT2D eigenvalue weighted by Gasteiger charge is -2.38. The number of aryl methyl sites for hydroxylation is 1. The van der Waals surface area contributed by atoms with Crippen LogP contribution in [0, 0.1) is 0 Å². The van der Waals surface area contributed by atoms with E-state index in [-0.39, 0.29) is 17.7 Å². The van der Waals surface area contributed by atoms with Crippen LogP contribution < -0.4 is 10.2 Å². The average molecular weight is 353 g/mol. The Morgan fingerprint density at radius 1 is 1.04 bits per heavy atom. The maximum Gasteiger partial charge on any atom is 0.241 e. The molecule has 5 nitrogen and oxygen atoms in total. The van der Waals surface area contributed by atoms with Crippen LogP contribution in [0.4, 0.5) is 11.4 Å². The van der Waals surface area contributed by atoms with Crippen LogP contribution in [-0.4, -0.2) is 48.1 Å². The van der Waals surface area contributed by atoms with Gasteiger partial charge in [0.25, 0.3) is 0 Å². The van der Waals surface area contributed by atoms with Gasteiger partial charge in [-0.05, 0) is 55.3 Å². The van der Waals surface area contributed by atoms with E-state index in [1.807, 2.05) is 31.2 Å². The van der Waals surface area contributed by atoms with Crippen LogP contribution in [0.5, 0.6) is 5.75 Å². The van der Waals surface area contributed by atoms with E-state index in [9.17, 15) is 9.90 Å². The van der Waals surface area contributed by atoms with Crippen molar-refractivity contribution in [2.75, 3.05) is 36.4 Å². The fraction of sp³-hybridized carbons (Fsp3) is 0.381. The normalized spacial score (nSPS) is 16.3. The number of nitrogens with zero attached hydrogens (tertiary/aromatic N) is 2. The van der Waals surface area contributed by atoms with Crippen LogP contribution in [0.25, 0.3) is 0 Å². The molecule has 1 saturated heterocycles. The number of hydrogen-bond acceptors (Lipinski definition) is 4. The number of amides is 1. The quantitative estimate of drug-likeness (QED) is 0.867. The van der Waals surface area contributed by atoms with E-state index in [1.165, 1.54) is 5.56 Å². The molecule has 1 atom stereocenters. The lowest BCUT2D eigenvalue weighted by atomic mass is 10.1. The lowest BCUT2D eigenvalue weighted by molar-refractivity contribution is -0.120. The number of hydrogen-bond donors (Lipinski definition) is 2. The van der Waals surface area contributed by atoms with E-state index in [1.54, 1.807) is 12.1 Å². The molecule has 1 unspecified atom stereocenters. The summed E-state index contributed by atoms with van der Waals surface area (Å²) >= 11 is 0. The molecule has 2 aromatic rings. The van der Waals surface area contributed by atoms with Crippen molar-refractivity contribution in [3.8, 4) is 5.75 Å². The third-order valence-electron chi connectivity index (χ3n) is 5.09. The minimum atomic E-state index is -0.164. The van der Waals surface area contributed by atoms with Crippen LogP contribution >= 0.6 is 0 Å². The van der Waals surface area contributed by atoms with Crippen molar-refractivity contribution < 1.29 is 9.90 Å². The van der Waals surface area contributed by atoms with Crippen LogP contribution in [0.1, 0.15) is 19.4 Å². The molecule has 2 N–H and O–H groups in total. The number of piperazine rings is 1. The molecule has 3 rings (SSSR count). The standard InChI is InChI=1S/C21H27N3O2/c1-3-17-4-6-18(7-5-17)22-21(26)16(2)23-12-14-24(15-13-23)19-8-10-20(25)11-9-19/h4-11,16,25H,3,12-15H2,1-2H3,(H,22,26). The Balaban J connectivity index is 1.52. The number of carbonyl (C=O) groups excluding carboxylic acids is 1. The first-order chi connectivity index (χ1) is 12.6. The van der Waals surface area contributed by atoms with Crippen molar-refractivity contribution >= 4 is 17.3 Å². The predicted molar refractivity (Wildman–Crippen MR) is 106 cm³/mol. The Bertz CT molecular complexity index is 720. The molecule has 1 heterocycles. The fourth-order valence-corrected chi connectivity index (χ4v) is 3.27. The summed E-state index contributed by atoms with van der Waals surface area (Å²) in [5, 5.41) is 12.4. The number of phenols is 1. The third-order valence-corrected chi connectivity index (χ3v) is 5.09. The first-order valence-electron chi connectivity index (χ1n) is 9.24. The van der Waals surface area contributed by atoms with Crippen molar-refractivity contribution in [3.05, 3.63) is 54.1 Å². The van der Waals surface area contributed by atoms with Gasteiger partial charge in [0.2, 0.25) is 5.91 Å². The van der Waals surface area contributed by atoms with E-state index in [0.717, 1.165) is 44.0 Å². The van der Waals surface area contributed by atoms with Gasteiger partial charge in [0, 0.05) is 37.6 Å². The van der Waals surface area contributed by atoms with Crippen LogP contribution in [0.2, 0.25) is 0 Å². The lowest BCUT2D eigenvalue weighted by Crippen LogP contribution is -2.52. The number of nitrogens with one attached hydrogen (secondary N) is 1. The summed E-state index contributed by atoms with van der Waals surface area (Å²) in [5.74, 6) is 0.317. The van der Waals surface area contributed by atoms with Gasteiger partial charge >= 0.3 is 0 Å². The van der Waals surface area contributed by atoms with E-state index >= 15 is 0 Å². The van der Waals surface area contributed by atoms with Gasteiger partial charge in [0.05, 0.1) is 6.04 Å². The molecule has 1 fully saturated rings. The van der Waals surface area contributed by atoms with Crippen molar-refractivity contribution in [1.82, 2.24) is 4.90 Å². The Kier molecular flexibility index (Phi) is 5.78. The Morgan fingerprint density at radius 3 is 2.23 bits per heavy atom. The minimum absolute atomic E-state index is 0.0346. The van der Waals surface area contributed by atoms with Gasteiger partial charge in [0.15, 0.2) is 0 Å². The maximum absolute atomic E-state index is 12.6. The number of aromatic hydroxyl groups is 1. The molecular formula is C21H27N3O2. The summed E-state index contributed by atoms with van der Waals surface area (Å²) in [6.07, 6.45) is 0.996. The number of anilines is 2. The monoisotopic (exact) mass is 353 g/mol. The second kappa shape index (κ2) is 8.23. The highest BCUT2D eigenvalue weighted by Crippen LogP contribution is 2.20. The van der Waals surface area contributed by atoms with Gasteiger partial charge in [-0.2, -0.15) is 0 Å². The zero-order valence-electron chi connectivity index (χ0n) is 15.5. The first kappa shape index (κ1) is 18.3. The molecule has 5 heteroatoms. The first-order valence-corrected chi connectivity index (χ1v) is 9.24. The molecule has 1 amide bonds. The zero-order valence-corrected chi connectivity index (χ0v) is 15.5. The van der Waals surface area contributed by atoms with Crippen molar-refractivity contribution in [3.63, 3.8) is 0 Å². The maximum atomic E-state index is 12.6. The van der Waals surface area contributed by atoms with E-state index in [4.69, 9.17) is 0 Å². The van der Waals surface area contributed by atoms with Gasteiger partial charge in [-0.25, -0.2) is 0 Å². The second-order valence-electron chi connectivity index (χ2n) is 6.76. The molecule has 2 aromatic carbocycles. The van der Waals surface area contributed by atoms with Crippen LogP contribution in [0.15, 0.2) is 48.5 Å². The van der Waals surface area contributed by atoms with Crippen LogP contribution in [0.3, 0.4) is 0 Å². The zero-order chi connectivity index (χ0) is 18.5. The SMILES string of the molecule is CCc1ccc(NC(=O)C(C)N2CCN(c3ccc(O)cc3)CC2)cc1. The van der Waals surface area contributed by atoms with Crippen molar-refractivity contribution in [1.29, 1.82) is 0 Å². The smallest absolute Gasteiger partial charge is 0.241 e. The van der Waals surface area contributed by atoms with Gasteiger partial charge < -0.3 is 15.3 Å². The number of benzene rings is 2. The fourth-order valence-electron chi connectivity index (χ4n) is 3.27.